The molecule has 4 rings (SSSR count). The Bertz CT molecular complexity index is 999. The first-order valence-electron chi connectivity index (χ1n) is 6.90. The van der Waals surface area contributed by atoms with Crippen LogP contribution in [-0.2, 0) is 6.61 Å². The Kier molecular flexibility index (Phi) is 3.62. The van der Waals surface area contributed by atoms with Crippen LogP contribution in [0.4, 0.5) is 8.78 Å². The SMILES string of the molecule is Fc1ccc(OCc2nn3c(-c4ccncc4F)nnc3s2)cc1. The molecule has 0 amide bonds. The Morgan fingerprint density at radius 2 is 1.92 bits per heavy atom. The van der Waals surface area contributed by atoms with Gasteiger partial charge in [0.05, 0.1) is 11.8 Å². The van der Waals surface area contributed by atoms with E-state index >= 15 is 0 Å². The first-order valence-corrected chi connectivity index (χ1v) is 7.72. The summed E-state index contributed by atoms with van der Waals surface area (Å²) in [5.41, 5.74) is 0.272. The second kappa shape index (κ2) is 5.93. The lowest BCUT2D eigenvalue weighted by Gasteiger charge is -2.02. The predicted octanol–water partition coefficient (Wildman–Crippen LogP) is 3.11. The van der Waals surface area contributed by atoms with E-state index in [4.69, 9.17) is 4.74 Å². The summed E-state index contributed by atoms with van der Waals surface area (Å²) in [7, 11) is 0. The molecule has 0 saturated heterocycles. The standard InChI is InChI=1S/C15H9F2N5OS/c16-9-1-3-10(4-2-9)23-8-13-21-22-14(19-20-15(22)24-13)11-5-6-18-7-12(11)17/h1-7H,8H2. The fourth-order valence-corrected chi connectivity index (χ4v) is 2.86. The molecule has 0 aliphatic heterocycles. The summed E-state index contributed by atoms with van der Waals surface area (Å²) in [6.45, 7) is 0.192. The molecule has 120 valence electrons. The maximum Gasteiger partial charge on any atom is 0.235 e. The van der Waals surface area contributed by atoms with Crippen molar-refractivity contribution in [3.05, 3.63) is 59.4 Å². The van der Waals surface area contributed by atoms with Crippen molar-refractivity contribution >= 4 is 16.3 Å². The van der Waals surface area contributed by atoms with E-state index in [0.29, 0.717) is 21.5 Å². The zero-order valence-corrected chi connectivity index (χ0v) is 12.9. The minimum absolute atomic E-state index is 0.192. The van der Waals surface area contributed by atoms with Crippen LogP contribution in [0, 0.1) is 11.6 Å². The van der Waals surface area contributed by atoms with Crippen LogP contribution >= 0.6 is 11.3 Å². The predicted molar refractivity (Wildman–Crippen MR) is 82.6 cm³/mol. The Hall–Kier alpha value is -2.94. The normalized spacial score (nSPS) is 11.1. The van der Waals surface area contributed by atoms with Crippen molar-refractivity contribution in [2.75, 3.05) is 0 Å². The van der Waals surface area contributed by atoms with Gasteiger partial charge in [-0.25, -0.2) is 8.78 Å². The van der Waals surface area contributed by atoms with E-state index < -0.39 is 5.82 Å². The van der Waals surface area contributed by atoms with E-state index in [-0.39, 0.29) is 18.0 Å². The monoisotopic (exact) mass is 345 g/mol. The van der Waals surface area contributed by atoms with Gasteiger partial charge in [0.2, 0.25) is 4.96 Å². The van der Waals surface area contributed by atoms with Crippen LogP contribution in [0.1, 0.15) is 5.01 Å². The molecule has 9 heteroatoms. The van der Waals surface area contributed by atoms with Gasteiger partial charge in [-0.05, 0) is 30.3 Å². The lowest BCUT2D eigenvalue weighted by atomic mass is 10.2. The first kappa shape index (κ1) is 14.6. The molecular weight excluding hydrogens is 336 g/mol. The third-order valence-electron chi connectivity index (χ3n) is 3.22. The molecule has 0 bridgehead atoms. The first-order chi connectivity index (χ1) is 11.7. The van der Waals surface area contributed by atoms with Crippen molar-refractivity contribution in [3.63, 3.8) is 0 Å². The van der Waals surface area contributed by atoms with E-state index in [2.05, 4.69) is 20.3 Å². The number of hydrogen-bond donors (Lipinski definition) is 0. The van der Waals surface area contributed by atoms with Crippen molar-refractivity contribution in [1.29, 1.82) is 0 Å². The molecule has 0 aliphatic rings. The Morgan fingerprint density at radius 3 is 2.71 bits per heavy atom. The molecule has 4 aromatic rings. The number of ether oxygens (including phenoxy) is 1. The highest BCUT2D eigenvalue weighted by Crippen LogP contribution is 2.24. The summed E-state index contributed by atoms with van der Waals surface area (Å²) in [6, 6.07) is 7.22. The van der Waals surface area contributed by atoms with Gasteiger partial charge in [0.25, 0.3) is 0 Å². The summed E-state index contributed by atoms with van der Waals surface area (Å²) in [6.07, 6.45) is 2.59. The van der Waals surface area contributed by atoms with Crippen molar-refractivity contribution in [1.82, 2.24) is 24.8 Å². The van der Waals surface area contributed by atoms with Gasteiger partial charge in [0.1, 0.15) is 18.2 Å². The summed E-state index contributed by atoms with van der Waals surface area (Å²) in [4.78, 5) is 4.24. The summed E-state index contributed by atoms with van der Waals surface area (Å²) in [5, 5.41) is 13.0. The fraction of sp³-hybridized carbons (Fsp3) is 0.0667. The highest BCUT2D eigenvalue weighted by molar-refractivity contribution is 7.16. The molecule has 3 aromatic heterocycles. The van der Waals surface area contributed by atoms with Gasteiger partial charge in [-0.2, -0.15) is 9.61 Å². The molecule has 0 atom stereocenters. The van der Waals surface area contributed by atoms with Gasteiger partial charge in [-0.3, -0.25) is 4.98 Å². The number of rotatable bonds is 4. The molecule has 0 radical (unpaired) electrons. The van der Waals surface area contributed by atoms with E-state index in [9.17, 15) is 8.78 Å². The summed E-state index contributed by atoms with van der Waals surface area (Å²) < 4.78 is 33.7. The van der Waals surface area contributed by atoms with Crippen molar-refractivity contribution < 1.29 is 13.5 Å². The van der Waals surface area contributed by atoms with Crippen molar-refractivity contribution in [2.45, 2.75) is 6.61 Å². The average molecular weight is 345 g/mol. The van der Waals surface area contributed by atoms with Crippen LogP contribution in [0.25, 0.3) is 16.3 Å². The Labute approximate surface area is 138 Å². The molecule has 0 saturated carbocycles. The minimum atomic E-state index is -0.496. The molecule has 3 heterocycles. The average Bonchev–Trinajstić information content (AvgIpc) is 3.15. The van der Waals surface area contributed by atoms with E-state index in [1.54, 1.807) is 0 Å². The van der Waals surface area contributed by atoms with Crippen LogP contribution in [0.15, 0.2) is 42.7 Å². The minimum Gasteiger partial charge on any atom is -0.486 e. The zero-order valence-electron chi connectivity index (χ0n) is 12.1. The van der Waals surface area contributed by atoms with Crippen molar-refractivity contribution in [2.24, 2.45) is 0 Å². The second-order valence-corrected chi connectivity index (χ2v) is 5.85. The quantitative estimate of drug-likeness (QED) is 0.569. The van der Waals surface area contributed by atoms with Crippen LogP contribution in [-0.4, -0.2) is 24.8 Å². The molecular formula is C15H9F2N5OS. The number of halogens is 2. The number of fused-ring (bicyclic) bond motifs is 1. The van der Waals surface area contributed by atoms with E-state index in [1.807, 2.05) is 0 Å². The molecule has 24 heavy (non-hydrogen) atoms. The third kappa shape index (κ3) is 2.69. The number of pyridine rings is 1. The smallest absolute Gasteiger partial charge is 0.235 e. The highest BCUT2D eigenvalue weighted by Gasteiger charge is 2.16. The molecule has 0 N–H and O–H groups in total. The molecule has 0 aliphatic carbocycles. The van der Waals surface area contributed by atoms with E-state index in [1.165, 1.54) is 52.4 Å². The summed E-state index contributed by atoms with van der Waals surface area (Å²) >= 11 is 1.28. The van der Waals surface area contributed by atoms with Gasteiger partial charge in [-0.15, -0.1) is 10.2 Å². The van der Waals surface area contributed by atoms with Gasteiger partial charge < -0.3 is 4.74 Å². The topological polar surface area (TPSA) is 65.2 Å². The molecule has 0 spiro atoms. The number of benzene rings is 1. The maximum atomic E-state index is 13.9. The van der Waals surface area contributed by atoms with Crippen LogP contribution < -0.4 is 4.74 Å². The third-order valence-corrected chi connectivity index (χ3v) is 4.09. The number of hydrogen-bond acceptors (Lipinski definition) is 6. The van der Waals surface area contributed by atoms with Crippen LogP contribution in [0.3, 0.4) is 0 Å². The van der Waals surface area contributed by atoms with Gasteiger partial charge >= 0.3 is 0 Å². The second-order valence-electron chi connectivity index (χ2n) is 4.81. The van der Waals surface area contributed by atoms with Gasteiger partial charge in [0.15, 0.2) is 16.6 Å². The fourth-order valence-electron chi connectivity index (χ4n) is 2.12. The van der Waals surface area contributed by atoms with E-state index in [0.717, 1.165) is 6.20 Å². The molecule has 0 unspecified atom stereocenters. The van der Waals surface area contributed by atoms with Crippen LogP contribution in [0.2, 0.25) is 0 Å². The number of nitrogens with zero attached hydrogens (tertiary/aromatic N) is 5. The lowest BCUT2D eigenvalue weighted by molar-refractivity contribution is 0.303. The zero-order chi connectivity index (χ0) is 16.5. The Balaban J connectivity index is 1.60. The molecule has 6 nitrogen and oxygen atoms in total. The van der Waals surface area contributed by atoms with Crippen molar-refractivity contribution in [3.8, 4) is 17.1 Å². The lowest BCUT2D eigenvalue weighted by Crippen LogP contribution is -1.98. The molecule has 1 aromatic carbocycles. The highest BCUT2D eigenvalue weighted by atomic mass is 32.1. The maximum absolute atomic E-state index is 13.9. The van der Waals surface area contributed by atoms with Gasteiger partial charge in [-0.1, -0.05) is 11.3 Å². The van der Waals surface area contributed by atoms with Crippen LogP contribution in [0.5, 0.6) is 5.75 Å². The Morgan fingerprint density at radius 1 is 1.08 bits per heavy atom. The van der Waals surface area contributed by atoms with Gasteiger partial charge in [0, 0.05) is 6.20 Å². The summed E-state index contributed by atoms with van der Waals surface area (Å²) in [5.74, 6) is 0.00558. The largest absolute Gasteiger partial charge is 0.486 e. The number of aromatic nitrogens is 5. The molecule has 0 fully saturated rings.